The predicted octanol–water partition coefficient (Wildman–Crippen LogP) is 5.32. The largest absolute Gasteiger partial charge is 0.416 e. The van der Waals surface area contributed by atoms with E-state index in [1.54, 1.807) is 13.8 Å². The Bertz CT molecular complexity index is 1190. The molecule has 0 atom stereocenters. The Balaban J connectivity index is 1.55. The number of piperidine rings is 1. The van der Waals surface area contributed by atoms with Crippen molar-refractivity contribution in [2.24, 2.45) is 5.92 Å². The van der Waals surface area contributed by atoms with Crippen LogP contribution in [0, 0.1) is 5.92 Å². The van der Waals surface area contributed by atoms with Crippen LogP contribution in [0.2, 0.25) is 0 Å². The van der Waals surface area contributed by atoms with Gasteiger partial charge in [0.05, 0.1) is 20.6 Å². The molecular weight excluding hydrogens is 429 g/mol. The van der Waals surface area contributed by atoms with Crippen molar-refractivity contribution in [2.45, 2.75) is 42.5 Å². The zero-order valence-electron chi connectivity index (χ0n) is 17.2. The molecule has 0 spiro atoms. The summed E-state index contributed by atoms with van der Waals surface area (Å²) in [5, 5.41) is 5.06. The van der Waals surface area contributed by atoms with Crippen molar-refractivity contribution in [3.05, 3.63) is 54.1 Å². The Hall–Kier alpha value is -2.55. The number of hydrogen-bond donors (Lipinski definition) is 0. The number of aromatic nitrogens is 1. The van der Waals surface area contributed by atoms with E-state index in [1.165, 1.54) is 6.07 Å². The Labute approximate surface area is 178 Å². The second kappa shape index (κ2) is 7.55. The molecule has 0 N–H and O–H groups in total. The number of alkyl halides is 3. The minimum absolute atomic E-state index is 0.207. The molecule has 5 nitrogen and oxygen atoms in total. The van der Waals surface area contributed by atoms with Gasteiger partial charge in [0.25, 0.3) is 0 Å². The van der Waals surface area contributed by atoms with Crippen LogP contribution in [-0.2, 0) is 16.0 Å². The van der Waals surface area contributed by atoms with E-state index in [1.807, 2.05) is 24.3 Å². The van der Waals surface area contributed by atoms with E-state index in [-0.39, 0.29) is 10.8 Å². The van der Waals surface area contributed by atoms with Gasteiger partial charge in [0.15, 0.2) is 21.2 Å². The van der Waals surface area contributed by atoms with Crippen LogP contribution >= 0.6 is 0 Å². The standard InChI is InChI=1S/C22H23F3N2O3S/c1-21(2,31(28,29)17-7-5-6-16(14-17)22(23,24)25)15-10-12-27(13-11-15)20-18-8-3-4-9-19(18)30-26-20/h3-9,14-15H,10-13H2,1-2H3. The highest BCUT2D eigenvalue weighted by atomic mass is 32.2. The summed E-state index contributed by atoms with van der Waals surface area (Å²) in [5.41, 5.74) is -0.274. The third kappa shape index (κ3) is 3.79. The molecule has 1 saturated heterocycles. The van der Waals surface area contributed by atoms with Gasteiger partial charge in [-0.15, -0.1) is 0 Å². The Morgan fingerprint density at radius 3 is 2.39 bits per heavy atom. The van der Waals surface area contributed by atoms with Gasteiger partial charge in [-0.05, 0) is 62.9 Å². The molecule has 3 aromatic rings. The molecule has 0 radical (unpaired) electrons. The normalized spacial score (nSPS) is 16.7. The predicted molar refractivity (Wildman–Crippen MR) is 112 cm³/mol. The number of rotatable bonds is 4. The molecule has 0 saturated carbocycles. The van der Waals surface area contributed by atoms with E-state index in [0.717, 1.165) is 29.4 Å². The van der Waals surface area contributed by atoms with Crippen molar-refractivity contribution < 1.29 is 26.1 Å². The molecule has 1 aliphatic rings. The third-order valence-corrected chi connectivity index (χ3v) is 8.89. The minimum Gasteiger partial charge on any atom is -0.354 e. The van der Waals surface area contributed by atoms with Gasteiger partial charge in [0.1, 0.15) is 0 Å². The van der Waals surface area contributed by atoms with E-state index < -0.39 is 26.3 Å². The van der Waals surface area contributed by atoms with Crippen LogP contribution in [0.5, 0.6) is 0 Å². The molecule has 4 rings (SSSR count). The molecule has 1 aliphatic heterocycles. The summed E-state index contributed by atoms with van der Waals surface area (Å²) in [6, 6.07) is 11.5. The van der Waals surface area contributed by atoms with Crippen LogP contribution in [0.4, 0.5) is 19.0 Å². The monoisotopic (exact) mass is 452 g/mol. The molecule has 0 aliphatic carbocycles. The maximum absolute atomic E-state index is 13.3. The second-order valence-corrected chi connectivity index (χ2v) is 10.9. The lowest BCUT2D eigenvalue weighted by molar-refractivity contribution is -0.137. The lowest BCUT2D eigenvalue weighted by atomic mass is 9.86. The van der Waals surface area contributed by atoms with Gasteiger partial charge in [0, 0.05) is 13.1 Å². The highest BCUT2D eigenvalue weighted by Gasteiger charge is 2.44. The SMILES string of the molecule is CC(C)(C1CCN(c2noc3ccccc23)CC1)S(=O)(=O)c1cccc(C(F)(F)F)c1. The molecule has 9 heteroatoms. The smallest absolute Gasteiger partial charge is 0.354 e. The second-order valence-electron chi connectivity index (χ2n) is 8.40. The summed E-state index contributed by atoms with van der Waals surface area (Å²) in [6.45, 7) is 4.38. The van der Waals surface area contributed by atoms with E-state index in [0.29, 0.717) is 31.5 Å². The summed E-state index contributed by atoms with van der Waals surface area (Å²) < 4.78 is 70.0. The number of sulfone groups is 1. The minimum atomic E-state index is -4.60. The molecule has 0 unspecified atom stereocenters. The fourth-order valence-electron chi connectivity index (χ4n) is 4.25. The number of hydrogen-bond acceptors (Lipinski definition) is 5. The van der Waals surface area contributed by atoms with Gasteiger partial charge in [-0.1, -0.05) is 23.4 Å². The van der Waals surface area contributed by atoms with Gasteiger partial charge in [-0.25, -0.2) is 8.42 Å². The summed E-state index contributed by atoms with van der Waals surface area (Å²) in [5.74, 6) is 0.522. The van der Waals surface area contributed by atoms with Crippen molar-refractivity contribution in [2.75, 3.05) is 18.0 Å². The molecule has 166 valence electrons. The van der Waals surface area contributed by atoms with Crippen molar-refractivity contribution in [1.82, 2.24) is 5.16 Å². The summed E-state index contributed by atoms with van der Waals surface area (Å²) >= 11 is 0. The molecule has 1 aromatic heterocycles. The molecule has 0 bridgehead atoms. The number of fused-ring (bicyclic) bond motifs is 1. The van der Waals surface area contributed by atoms with Crippen LogP contribution in [0.3, 0.4) is 0 Å². The molecule has 2 heterocycles. The van der Waals surface area contributed by atoms with Crippen LogP contribution in [-0.4, -0.2) is 31.4 Å². The van der Waals surface area contributed by atoms with E-state index >= 15 is 0 Å². The topological polar surface area (TPSA) is 63.4 Å². The first-order valence-electron chi connectivity index (χ1n) is 10.0. The first-order valence-corrected chi connectivity index (χ1v) is 11.5. The van der Waals surface area contributed by atoms with Crippen LogP contribution in [0.25, 0.3) is 11.0 Å². The first-order chi connectivity index (χ1) is 14.5. The zero-order valence-corrected chi connectivity index (χ0v) is 18.0. The van der Waals surface area contributed by atoms with E-state index in [4.69, 9.17) is 4.52 Å². The van der Waals surface area contributed by atoms with Gasteiger partial charge in [0.2, 0.25) is 0 Å². The van der Waals surface area contributed by atoms with Gasteiger partial charge in [-0.2, -0.15) is 13.2 Å². The number of benzene rings is 2. The van der Waals surface area contributed by atoms with Crippen molar-refractivity contribution >= 4 is 26.6 Å². The van der Waals surface area contributed by atoms with Crippen LogP contribution in [0.15, 0.2) is 57.9 Å². The Morgan fingerprint density at radius 2 is 1.71 bits per heavy atom. The Kier molecular flexibility index (Phi) is 5.28. The number of anilines is 1. The zero-order chi connectivity index (χ0) is 22.4. The highest BCUT2D eigenvalue weighted by Crippen LogP contribution is 2.40. The lowest BCUT2D eigenvalue weighted by Gasteiger charge is -2.40. The van der Waals surface area contributed by atoms with Gasteiger partial charge >= 0.3 is 6.18 Å². The quantitative estimate of drug-likeness (QED) is 0.536. The molecular formula is C22H23F3N2O3S. The fraction of sp³-hybridized carbons (Fsp3) is 0.409. The average molecular weight is 452 g/mol. The fourth-order valence-corrected chi connectivity index (χ4v) is 6.07. The third-order valence-electron chi connectivity index (χ3n) is 6.30. The lowest BCUT2D eigenvalue weighted by Crippen LogP contribution is -2.46. The Morgan fingerprint density at radius 1 is 1.03 bits per heavy atom. The van der Waals surface area contributed by atoms with Crippen LogP contribution < -0.4 is 4.90 Å². The maximum Gasteiger partial charge on any atom is 0.416 e. The van der Waals surface area contributed by atoms with Crippen molar-refractivity contribution in [1.29, 1.82) is 0 Å². The van der Waals surface area contributed by atoms with Crippen molar-refractivity contribution in [3.8, 4) is 0 Å². The van der Waals surface area contributed by atoms with Crippen LogP contribution in [0.1, 0.15) is 32.3 Å². The number of para-hydroxylation sites is 1. The van der Waals surface area contributed by atoms with Crippen molar-refractivity contribution in [3.63, 3.8) is 0 Å². The average Bonchev–Trinajstić information content (AvgIpc) is 3.17. The summed E-state index contributed by atoms with van der Waals surface area (Å²) in [6.07, 6.45) is -3.44. The van der Waals surface area contributed by atoms with Gasteiger partial charge < -0.3 is 9.42 Å². The first kappa shape index (κ1) is 21.7. The number of nitrogens with zero attached hydrogens (tertiary/aromatic N) is 2. The molecule has 0 amide bonds. The van der Waals surface area contributed by atoms with Gasteiger partial charge in [-0.3, -0.25) is 0 Å². The maximum atomic E-state index is 13.3. The highest BCUT2D eigenvalue weighted by molar-refractivity contribution is 7.92. The van der Waals surface area contributed by atoms with E-state index in [9.17, 15) is 21.6 Å². The summed E-state index contributed by atoms with van der Waals surface area (Å²) in [7, 11) is -3.98. The molecule has 1 fully saturated rings. The number of halogens is 3. The molecule has 31 heavy (non-hydrogen) atoms. The van der Waals surface area contributed by atoms with E-state index in [2.05, 4.69) is 10.1 Å². The summed E-state index contributed by atoms with van der Waals surface area (Å²) in [4.78, 5) is 1.77. The molecule has 2 aromatic carbocycles.